The van der Waals surface area contributed by atoms with Crippen LogP contribution >= 0.6 is 0 Å². The maximum absolute atomic E-state index is 4.35. The van der Waals surface area contributed by atoms with Crippen LogP contribution in [0.1, 0.15) is 31.0 Å². The minimum atomic E-state index is 0.433. The number of hydrogen-bond acceptors (Lipinski definition) is 2. The largest absolute Gasteiger partial charge is 0.386 e. The molecule has 2 heteroatoms. The van der Waals surface area contributed by atoms with Gasteiger partial charge in [0.05, 0.1) is 11.4 Å². The highest BCUT2D eigenvalue weighted by atomic mass is 14.9. The summed E-state index contributed by atoms with van der Waals surface area (Å²) >= 11 is 0. The van der Waals surface area contributed by atoms with Crippen molar-refractivity contribution in [2.75, 3.05) is 12.4 Å². The van der Waals surface area contributed by atoms with Crippen molar-refractivity contribution in [3.8, 4) is 0 Å². The fraction of sp³-hybridized carbons (Fsp3) is 0.364. The number of hydrogen-bond donors (Lipinski definition) is 1. The number of aromatic nitrogens is 1. The lowest BCUT2D eigenvalue weighted by Gasteiger charge is -2.13. The molecule has 1 aromatic rings. The molecule has 1 N–H and O–H groups in total. The molecular formula is C11H16N2. The third-order valence-corrected chi connectivity index (χ3v) is 2.03. The Labute approximate surface area is 79.7 Å². The SMILES string of the molecule is C=Cc1ccnc(C(C)C)c1NC. The number of nitrogens with zero attached hydrogens (tertiary/aromatic N) is 1. The van der Waals surface area contributed by atoms with E-state index in [1.54, 1.807) is 0 Å². The fourth-order valence-corrected chi connectivity index (χ4v) is 1.37. The first-order valence-corrected chi connectivity index (χ1v) is 4.49. The number of pyridine rings is 1. The summed E-state index contributed by atoms with van der Waals surface area (Å²) in [6.45, 7) is 8.04. The summed E-state index contributed by atoms with van der Waals surface area (Å²) in [5.74, 6) is 0.433. The predicted molar refractivity (Wildman–Crippen MR) is 58.0 cm³/mol. The summed E-state index contributed by atoms with van der Waals surface area (Å²) in [6, 6.07) is 1.96. The molecule has 0 aromatic carbocycles. The summed E-state index contributed by atoms with van der Waals surface area (Å²) in [7, 11) is 1.91. The van der Waals surface area contributed by atoms with Crippen LogP contribution in [-0.4, -0.2) is 12.0 Å². The molecule has 0 bridgehead atoms. The van der Waals surface area contributed by atoms with Crippen LogP contribution in [0, 0.1) is 0 Å². The van der Waals surface area contributed by atoms with Gasteiger partial charge < -0.3 is 5.32 Å². The molecule has 0 unspecified atom stereocenters. The standard InChI is InChI=1S/C11H16N2/c1-5-9-6-7-13-10(8(2)3)11(9)12-4/h5-8,12H,1H2,2-4H3. The van der Waals surface area contributed by atoms with E-state index in [4.69, 9.17) is 0 Å². The van der Waals surface area contributed by atoms with E-state index in [0.29, 0.717) is 5.92 Å². The Morgan fingerprint density at radius 2 is 2.23 bits per heavy atom. The molecule has 0 radical (unpaired) electrons. The number of rotatable bonds is 3. The van der Waals surface area contributed by atoms with Crippen molar-refractivity contribution in [3.05, 3.63) is 30.1 Å². The average molecular weight is 176 g/mol. The van der Waals surface area contributed by atoms with Gasteiger partial charge >= 0.3 is 0 Å². The zero-order valence-corrected chi connectivity index (χ0v) is 8.46. The molecule has 2 nitrogen and oxygen atoms in total. The fourth-order valence-electron chi connectivity index (χ4n) is 1.37. The van der Waals surface area contributed by atoms with Crippen LogP contribution in [0.3, 0.4) is 0 Å². The smallest absolute Gasteiger partial charge is 0.0666 e. The molecule has 0 saturated heterocycles. The van der Waals surface area contributed by atoms with Gasteiger partial charge in [0.25, 0.3) is 0 Å². The third-order valence-electron chi connectivity index (χ3n) is 2.03. The lowest BCUT2D eigenvalue weighted by Crippen LogP contribution is -2.02. The Balaban J connectivity index is 3.26. The molecule has 1 aromatic heterocycles. The summed E-state index contributed by atoms with van der Waals surface area (Å²) < 4.78 is 0. The zero-order chi connectivity index (χ0) is 9.84. The topological polar surface area (TPSA) is 24.9 Å². The van der Waals surface area contributed by atoms with E-state index in [1.165, 1.54) is 0 Å². The van der Waals surface area contributed by atoms with Crippen molar-refractivity contribution in [3.63, 3.8) is 0 Å². The molecule has 0 spiro atoms. The molecule has 13 heavy (non-hydrogen) atoms. The monoisotopic (exact) mass is 176 g/mol. The molecule has 0 fully saturated rings. The lowest BCUT2D eigenvalue weighted by molar-refractivity contribution is 0.824. The maximum Gasteiger partial charge on any atom is 0.0666 e. The quantitative estimate of drug-likeness (QED) is 0.766. The van der Waals surface area contributed by atoms with Crippen molar-refractivity contribution in [1.29, 1.82) is 0 Å². The van der Waals surface area contributed by atoms with E-state index in [0.717, 1.165) is 16.9 Å². The highest BCUT2D eigenvalue weighted by Crippen LogP contribution is 2.25. The normalized spacial score (nSPS) is 10.2. The van der Waals surface area contributed by atoms with Crippen LogP contribution in [0.2, 0.25) is 0 Å². The van der Waals surface area contributed by atoms with Crippen molar-refractivity contribution in [2.24, 2.45) is 0 Å². The van der Waals surface area contributed by atoms with Crippen LogP contribution in [0.15, 0.2) is 18.8 Å². The molecule has 0 atom stereocenters. The van der Waals surface area contributed by atoms with Gasteiger partial charge in [0, 0.05) is 18.8 Å². The van der Waals surface area contributed by atoms with Gasteiger partial charge in [-0.1, -0.05) is 26.5 Å². The van der Waals surface area contributed by atoms with Gasteiger partial charge in [-0.05, 0) is 12.0 Å². The Morgan fingerprint density at radius 3 is 2.69 bits per heavy atom. The summed E-state index contributed by atoms with van der Waals surface area (Å²) in [4.78, 5) is 4.35. The third kappa shape index (κ3) is 1.89. The first-order valence-electron chi connectivity index (χ1n) is 4.49. The van der Waals surface area contributed by atoms with Crippen LogP contribution < -0.4 is 5.32 Å². The molecule has 0 amide bonds. The number of anilines is 1. The van der Waals surface area contributed by atoms with Crippen molar-refractivity contribution < 1.29 is 0 Å². The average Bonchev–Trinajstić information content (AvgIpc) is 2.16. The van der Waals surface area contributed by atoms with Crippen LogP contribution in [0.5, 0.6) is 0 Å². The van der Waals surface area contributed by atoms with Crippen LogP contribution in [0.4, 0.5) is 5.69 Å². The molecule has 0 aliphatic rings. The number of nitrogens with one attached hydrogen (secondary N) is 1. The first kappa shape index (κ1) is 9.78. The summed E-state index contributed by atoms with van der Waals surface area (Å²) in [5.41, 5.74) is 3.30. The van der Waals surface area contributed by atoms with E-state index >= 15 is 0 Å². The molecule has 0 saturated carbocycles. The second-order valence-corrected chi connectivity index (χ2v) is 3.27. The Morgan fingerprint density at radius 1 is 1.54 bits per heavy atom. The van der Waals surface area contributed by atoms with Crippen molar-refractivity contribution in [2.45, 2.75) is 19.8 Å². The molecule has 1 rings (SSSR count). The van der Waals surface area contributed by atoms with E-state index < -0.39 is 0 Å². The summed E-state index contributed by atoms with van der Waals surface area (Å²) in [6.07, 6.45) is 3.67. The minimum absolute atomic E-state index is 0.433. The molecule has 70 valence electrons. The van der Waals surface area contributed by atoms with E-state index in [2.05, 4.69) is 30.7 Å². The molecule has 0 aliphatic heterocycles. The Bertz CT molecular complexity index is 303. The van der Waals surface area contributed by atoms with E-state index in [-0.39, 0.29) is 0 Å². The van der Waals surface area contributed by atoms with Gasteiger partial charge in [-0.15, -0.1) is 0 Å². The predicted octanol–water partition coefficient (Wildman–Crippen LogP) is 2.89. The lowest BCUT2D eigenvalue weighted by atomic mass is 10.0. The maximum atomic E-state index is 4.35. The summed E-state index contributed by atoms with van der Waals surface area (Å²) in [5, 5.41) is 3.16. The van der Waals surface area contributed by atoms with Crippen molar-refractivity contribution >= 4 is 11.8 Å². The van der Waals surface area contributed by atoms with E-state index in [1.807, 2.05) is 25.4 Å². The van der Waals surface area contributed by atoms with Crippen LogP contribution in [-0.2, 0) is 0 Å². The first-order chi connectivity index (χ1) is 6.20. The molecular weight excluding hydrogens is 160 g/mol. The van der Waals surface area contributed by atoms with Gasteiger partial charge in [-0.2, -0.15) is 0 Å². The van der Waals surface area contributed by atoms with E-state index in [9.17, 15) is 0 Å². The second-order valence-electron chi connectivity index (χ2n) is 3.27. The van der Waals surface area contributed by atoms with Crippen molar-refractivity contribution in [1.82, 2.24) is 4.98 Å². The highest BCUT2D eigenvalue weighted by molar-refractivity contribution is 5.67. The molecule has 1 heterocycles. The highest BCUT2D eigenvalue weighted by Gasteiger charge is 2.08. The van der Waals surface area contributed by atoms with Gasteiger partial charge in [0.15, 0.2) is 0 Å². The van der Waals surface area contributed by atoms with Crippen LogP contribution in [0.25, 0.3) is 6.08 Å². The minimum Gasteiger partial charge on any atom is -0.386 e. The van der Waals surface area contributed by atoms with Gasteiger partial charge in [0.2, 0.25) is 0 Å². The zero-order valence-electron chi connectivity index (χ0n) is 8.46. The second kappa shape index (κ2) is 4.08. The Kier molecular flexibility index (Phi) is 3.07. The van der Waals surface area contributed by atoms with Gasteiger partial charge in [-0.25, -0.2) is 0 Å². The van der Waals surface area contributed by atoms with Gasteiger partial charge in [-0.3, -0.25) is 4.98 Å². The molecule has 0 aliphatic carbocycles. The Hall–Kier alpha value is -1.31. The van der Waals surface area contributed by atoms with Gasteiger partial charge in [0.1, 0.15) is 0 Å².